The van der Waals surface area contributed by atoms with Crippen LogP contribution in [0.1, 0.15) is 110 Å². The van der Waals surface area contributed by atoms with Gasteiger partial charge in [-0.15, -0.1) is 0 Å². The summed E-state index contributed by atoms with van der Waals surface area (Å²) >= 11 is 0. The summed E-state index contributed by atoms with van der Waals surface area (Å²) in [6.45, 7) is 3.19. The van der Waals surface area contributed by atoms with Crippen molar-refractivity contribution in [3.63, 3.8) is 0 Å². The first-order valence-electron chi connectivity index (χ1n) is 12.6. The predicted molar refractivity (Wildman–Crippen MR) is 121 cm³/mol. The zero-order valence-electron chi connectivity index (χ0n) is 18.9. The van der Waals surface area contributed by atoms with Gasteiger partial charge in [0.1, 0.15) is 0 Å². The van der Waals surface area contributed by atoms with Crippen LogP contribution in [0.5, 0.6) is 0 Å². The summed E-state index contributed by atoms with van der Waals surface area (Å²) in [6, 6.07) is 0. The van der Waals surface area contributed by atoms with E-state index in [4.69, 9.17) is 4.74 Å². The minimum absolute atomic E-state index is 0.0764. The number of unbranched alkanes of at least 4 members (excludes halogenated alkanes) is 10. The van der Waals surface area contributed by atoms with Crippen LogP contribution in [0.4, 0.5) is 0 Å². The van der Waals surface area contributed by atoms with Crippen LogP contribution in [0.2, 0.25) is 0 Å². The molecule has 2 rings (SSSR count). The van der Waals surface area contributed by atoms with Crippen molar-refractivity contribution in [2.24, 2.45) is 23.7 Å². The van der Waals surface area contributed by atoms with E-state index in [0.29, 0.717) is 5.92 Å². The Kier molecular flexibility index (Phi) is 12.5. The third kappa shape index (κ3) is 8.57. The number of aliphatic hydroxyl groups excluding tert-OH is 1. The Hall–Kier alpha value is -0.340. The molecule has 0 saturated heterocycles. The molecule has 2 heteroatoms. The summed E-state index contributed by atoms with van der Waals surface area (Å²) in [5.41, 5.74) is 0. The molecule has 1 N–H and O–H groups in total. The molecule has 0 aliphatic heterocycles. The van der Waals surface area contributed by atoms with Crippen molar-refractivity contribution >= 4 is 0 Å². The van der Waals surface area contributed by atoms with Crippen LogP contribution in [0, 0.1) is 23.7 Å². The first-order valence-corrected chi connectivity index (χ1v) is 12.6. The van der Waals surface area contributed by atoms with Gasteiger partial charge in [-0.05, 0) is 56.3 Å². The van der Waals surface area contributed by atoms with E-state index in [0.717, 1.165) is 30.8 Å². The summed E-state index contributed by atoms with van der Waals surface area (Å²) in [7, 11) is 1.80. The summed E-state index contributed by atoms with van der Waals surface area (Å²) in [6.07, 6.45) is 26.1. The van der Waals surface area contributed by atoms with E-state index < -0.39 is 0 Å². The molecule has 0 aromatic heterocycles. The molecule has 1 unspecified atom stereocenters. The lowest BCUT2D eigenvalue weighted by Crippen LogP contribution is -2.17. The van der Waals surface area contributed by atoms with Crippen LogP contribution in [0.3, 0.4) is 0 Å². The maximum Gasteiger partial charge on any atom is 0.0608 e. The molecule has 0 heterocycles. The van der Waals surface area contributed by atoms with Gasteiger partial charge in [0.05, 0.1) is 6.10 Å². The number of fused-ring (bicyclic) bond motifs is 1. The van der Waals surface area contributed by atoms with E-state index in [1.807, 2.05) is 0 Å². The molecule has 0 aromatic carbocycles. The molecule has 164 valence electrons. The topological polar surface area (TPSA) is 29.5 Å². The summed E-state index contributed by atoms with van der Waals surface area (Å²) < 4.78 is 5.15. The fourth-order valence-electron chi connectivity index (χ4n) is 5.78. The minimum Gasteiger partial charge on any atom is -0.392 e. The van der Waals surface area contributed by atoms with Crippen molar-refractivity contribution in [1.29, 1.82) is 0 Å². The van der Waals surface area contributed by atoms with Crippen molar-refractivity contribution in [3.8, 4) is 0 Å². The Morgan fingerprint density at radius 2 is 1.57 bits per heavy atom. The number of hydrogen-bond donors (Lipinski definition) is 1. The molecule has 2 nitrogen and oxygen atoms in total. The van der Waals surface area contributed by atoms with Crippen LogP contribution in [0.25, 0.3) is 0 Å². The molecule has 2 aliphatic rings. The smallest absolute Gasteiger partial charge is 0.0608 e. The Balaban J connectivity index is 1.57. The highest BCUT2D eigenvalue weighted by Gasteiger charge is 2.46. The number of rotatable bonds is 16. The van der Waals surface area contributed by atoms with E-state index in [-0.39, 0.29) is 6.10 Å². The van der Waals surface area contributed by atoms with Crippen LogP contribution in [0.15, 0.2) is 12.2 Å². The molecule has 0 radical (unpaired) electrons. The van der Waals surface area contributed by atoms with Crippen molar-refractivity contribution in [2.75, 3.05) is 13.7 Å². The van der Waals surface area contributed by atoms with Gasteiger partial charge in [-0.25, -0.2) is 0 Å². The van der Waals surface area contributed by atoms with Crippen molar-refractivity contribution in [2.45, 2.75) is 116 Å². The normalized spacial score (nSPS) is 29.8. The Morgan fingerprint density at radius 1 is 0.857 bits per heavy atom. The summed E-state index contributed by atoms with van der Waals surface area (Å²) in [4.78, 5) is 0. The summed E-state index contributed by atoms with van der Waals surface area (Å²) in [5, 5.41) is 10.5. The highest BCUT2D eigenvalue weighted by molar-refractivity contribution is 5.05. The van der Waals surface area contributed by atoms with Gasteiger partial charge in [0, 0.05) is 19.6 Å². The lowest BCUT2D eigenvalue weighted by Gasteiger charge is -2.19. The SMILES string of the molecule is CCCCCCCCCCC=C[C@@H]1[C@H]2CC(CCCCCOC)C[C@H]2C[C@H]1O. The van der Waals surface area contributed by atoms with Crippen LogP contribution >= 0.6 is 0 Å². The molecule has 0 amide bonds. The van der Waals surface area contributed by atoms with Gasteiger partial charge in [-0.2, -0.15) is 0 Å². The number of ether oxygens (including phenoxy) is 1. The van der Waals surface area contributed by atoms with E-state index >= 15 is 0 Å². The molecule has 0 aromatic rings. The standard InChI is InChI=1S/C26H48O2/c1-3-4-5-6-7-8-9-10-11-14-17-24-25-20-22(16-13-12-15-18-28-2)19-23(25)21-26(24)27/h14,17,22-27H,3-13,15-16,18-21H2,1-2H3/t22?,23-,24+,25-,26+/m0/s1. The van der Waals surface area contributed by atoms with Crippen LogP contribution in [-0.4, -0.2) is 24.9 Å². The van der Waals surface area contributed by atoms with E-state index in [2.05, 4.69) is 19.1 Å². The Morgan fingerprint density at radius 3 is 2.32 bits per heavy atom. The van der Waals surface area contributed by atoms with Gasteiger partial charge in [-0.1, -0.05) is 83.3 Å². The largest absolute Gasteiger partial charge is 0.392 e. The van der Waals surface area contributed by atoms with Gasteiger partial charge in [0.2, 0.25) is 0 Å². The molecule has 28 heavy (non-hydrogen) atoms. The molecule has 2 aliphatic carbocycles. The van der Waals surface area contributed by atoms with E-state index in [1.165, 1.54) is 96.3 Å². The number of allylic oxidation sites excluding steroid dienone is 1. The molecule has 0 spiro atoms. The van der Waals surface area contributed by atoms with Crippen molar-refractivity contribution in [1.82, 2.24) is 0 Å². The molecular weight excluding hydrogens is 344 g/mol. The lowest BCUT2D eigenvalue weighted by molar-refractivity contribution is 0.134. The number of aliphatic hydroxyl groups is 1. The minimum atomic E-state index is -0.0764. The number of methoxy groups -OCH3 is 1. The molecule has 2 saturated carbocycles. The fourth-order valence-corrected chi connectivity index (χ4v) is 5.78. The van der Waals surface area contributed by atoms with Gasteiger partial charge >= 0.3 is 0 Å². The molecule has 5 atom stereocenters. The van der Waals surface area contributed by atoms with Crippen molar-refractivity contribution < 1.29 is 9.84 Å². The Labute approximate surface area is 175 Å². The lowest BCUT2D eigenvalue weighted by atomic mass is 9.89. The Bertz CT molecular complexity index is 405. The highest BCUT2D eigenvalue weighted by atomic mass is 16.5. The maximum atomic E-state index is 10.5. The average Bonchev–Trinajstić information content (AvgIpc) is 3.20. The molecular formula is C26H48O2. The highest BCUT2D eigenvalue weighted by Crippen LogP contribution is 2.51. The number of hydrogen-bond acceptors (Lipinski definition) is 2. The quantitative estimate of drug-likeness (QED) is 0.220. The second-order valence-corrected chi connectivity index (χ2v) is 9.68. The zero-order valence-corrected chi connectivity index (χ0v) is 18.9. The maximum absolute atomic E-state index is 10.5. The van der Waals surface area contributed by atoms with Gasteiger partial charge in [0.15, 0.2) is 0 Å². The van der Waals surface area contributed by atoms with Gasteiger partial charge in [-0.3, -0.25) is 0 Å². The van der Waals surface area contributed by atoms with E-state index in [1.54, 1.807) is 7.11 Å². The summed E-state index contributed by atoms with van der Waals surface area (Å²) in [5.74, 6) is 2.90. The first kappa shape index (κ1) is 23.9. The monoisotopic (exact) mass is 392 g/mol. The van der Waals surface area contributed by atoms with Gasteiger partial charge in [0.25, 0.3) is 0 Å². The second kappa shape index (κ2) is 14.6. The van der Waals surface area contributed by atoms with Gasteiger partial charge < -0.3 is 9.84 Å². The third-order valence-electron chi connectivity index (χ3n) is 7.37. The first-order chi connectivity index (χ1) is 13.8. The average molecular weight is 393 g/mol. The van der Waals surface area contributed by atoms with Crippen LogP contribution < -0.4 is 0 Å². The van der Waals surface area contributed by atoms with Crippen molar-refractivity contribution in [3.05, 3.63) is 12.2 Å². The molecule has 2 fully saturated rings. The third-order valence-corrected chi connectivity index (χ3v) is 7.37. The predicted octanol–water partition coefficient (Wildman–Crippen LogP) is 7.30. The molecule has 0 bridgehead atoms. The second-order valence-electron chi connectivity index (χ2n) is 9.68. The van der Waals surface area contributed by atoms with Crippen LogP contribution in [-0.2, 0) is 4.74 Å². The van der Waals surface area contributed by atoms with E-state index in [9.17, 15) is 5.11 Å². The zero-order chi connectivity index (χ0) is 20.0. The fraction of sp³-hybridized carbons (Fsp3) is 0.923.